The summed E-state index contributed by atoms with van der Waals surface area (Å²) in [6, 6.07) is 12.9. The molecular formula is C18H20BrN5S. The number of nitrogens with two attached hydrogens (primary N) is 1. The van der Waals surface area contributed by atoms with Crippen molar-refractivity contribution in [2.24, 2.45) is 5.73 Å². The molecule has 0 unspecified atom stereocenters. The van der Waals surface area contributed by atoms with E-state index in [9.17, 15) is 0 Å². The minimum atomic E-state index is 0.359. The molecule has 2 aromatic heterocycles. The minimum Gasteiger partial charge on any atom is -0.367 e. The third-order valence-corrected chi connectivity index (χ3v) is 5.89. The molecule has 4 N–H and O–H groups in total. The number of pyridine rings is 1. The van der Waals surface area contributed by atoms with Crippen molar-refractivity contribution in [1.29, 1.82) is 0 Å². The Kier molecular flexibility index (Phi) is 4.87. The minimum absolute atomic E-state index is 0.359. The van der Waals surface area contributed by atoms with Crippen molar-refractivity contribution < 1.29 is 0 Å². The van der Waals surface area contributed by atoms with Crippen LogP contribution in [0.5, 0.6) is 0 Å². The second-order valence-corrected chi connectivity index (χ2v) is 8.37. The van der Waals surface area contributed by atoms with Crippen LogP contribution in [0.25, 0.3) is 10.2 Å². The van der Waals surface area contributed by atoms with Crippen LogP contribution in [0.1, 0.15) is 25.7 Å². The van der Waals surface area contributed by atoms with E-state index in [-0.39, 0.29) is 0 Å². The highest BCUT2D eigenvalue weighted by molar-refractivity contribution is 9.10. The van der Waals surface area contributed by atoms with Crippen LogP contribution >= 0.6 is 27.3 Å². The van der Waals surface area contributed by atoms with Crippen LogP contribution in [0.3, 0.4) is 0 Å². The first-order chi connectivity index (χ1) is 12.2. The molecule has 7 heteroatoms. The summed E-state index contributed by atoms with van der Waals surface area (Å²) in [5.74, 6) is 1.70. The highest BCUT2D eigenvalue weighted by Gasteiger charge is 2.18. The number of benzene rings is 1. The third kappa shape index (κ3) is 4.11. The lowest BCUT2D eigenvalue weighted by Gasteiger charge is -2.27. The van der Waals surface area contributed by atoms with Crippen molar-refractivity contribution in [3.05, 3.63) is 40.9 Å². The number of thiazole rings is 1. The predicted octanol–water partition coefficient (Wildman–Crippen LogP) is 4.88. The van der Waals surface area contributed by atoms with E-state index in [4.69, 9.17) is 5.73 Å². The topological polar surface area (TPSA) is 75.9 Å². The van der Waals surface area contributed by atoms with E-state index in [1.807, 2.05) is 30.3 Å². The summed E-state index contributed by atoms with van der Waals surface area (Å²) >= 11 is 5.12. The average molecular weight is 418 g/mol. The van der Waals surface area contributed by atoms with Gasteiger partial charge < -0.3 is 16.4 Å². The molecule has 25 heavy (non-hydrogen) atoms. The molecule has 3 aromatic rings. The number of nitrogens with zero attached hydrogens (tertiary/aromatic N) is 2. The monoisotopic (exact) mass is 417 g/mol. The number of fused-ring (bicyclic) bond motifs is 1. The lowest BCUT2D eigenvalue weighted by Crippen LogP contribution is -2.33. The maximum absolute atomic E-state index is 5.98. The van der Waals surface area contributed by atoms with Gasteiger partial charge in [0, 0.05) is 16.6 Å². The zero-order chi connectivity index (χ0) is 17.2. The highest BCUT2D eigenvalue weighted by Crippen LogP contribution is 2.30. The van der Waals surface area contributed by atoms with Crippen molar-refractivity contribution in [3.8, 4) is 0 Å². The molecule has 5 nitrogen and oxygen atoms in total. The van der Waals surface area contributed by atoms with E-state index in [0.717, 1.165) is 57.1 Å². The van der Waals surface area contributed by atoms with Crippen LogP contribution in [-0.2, 0) is 0 Å². The van der Waals surface area contributed by atoms with Crippen LogP contribution in [0, 0.1) is 0 Å². The number of anilines is 3. The predicted molar refractivity (Wildman–Crippen MR) is 109 cm³/mol. The largest absolute Gasteiger partial charge is 0.367 e. The van der Waals surface area contributed by atoms with Crippen molar-refractivity contribution >= 4 is 54.3 Å². The molecule has 0 saturated heterocycles. The van der Waals surface area contributed by atoms with Crippen LogP contribution < -0.4 is 16.4 Å². The van der Waals surface area contributed by atoms with E-state index in [0.29, 0.717) is 12.1 Å². The molecule has 0 aliphatic heterocycles. The standard InChI is InChI=1S/C18H20BrN5S/c19-11-4-9-14-15(10-11)25-18(22-14)24-17-3-1-2-16(23-17)21-13-7-5-12(20)6-8-13/h1-4,9-10,12-13H,5-8,20H2,(H2,21,22,23,24). The summed E-state index contributed by atoms with van der Waals surface area (Å²) in [6.45, 7) is 0. The van der Waals surface area contributed by atoms with E-state index < -0.39 is 0 Å². The van der Waals surface area contributed by atoms with Gasteiger partial charge in [-0.25, -0.2) is 9.97 Å². The molecule has 0 radical (unpaired) electrons. The first kappa shape index (κ1) is 16.8. The van der Waals surface area contributed by atoms with Crippen LogP contribution in [0.4, 0.5) is 16.8 Å². The van der Waals surface area contributed by atoms with Gasteiger partial charge in [-0.2, -0.15) is 0 Å². The smallest absolute Gasteiger partial charge is 0.189 e. The zero-order valence-electron chi connectivity index (χ0n) is 13.7. The summed E-state index contributed by atoms with van der Waals surface area (Å²) in [4.78, 5) is 9.29. The Morgan fingerprint density at radius 1 is 1.04 bits per heavy atom. The quantitative estimate of drug-likeness (QED) is 0.563. The fourth-order valence-electron chi connectivity index (χ4n) is 3.12. The van der Waals surface area contributed by atoms with Crippen molar-refractivity contribution in [2.45, 2.75) is 37.8 Å². The molecule has 1 saturated carbocycles. The Labute approximate surface area is 159 Å². The Hall–Kier alpha value is -1.70. The summed E-state index contributed by atoms with van der Waals surface area (Å²) in [5, 5.41) is 7.70. The Balaban J connectivity index is 1.47. The van der Waals surface area contributed by atoms with Crippen LogP contribution in [0.15, 0.2) is 40.9 Å². The Morgan fingerprint density at radius 2 is 1.84 bits per heavy atom. The highest BCUT2D eigenvalue weighted by atomic mass is 79.9. The van der Waals surface area contributed by atoms with Crippen molar-refractivity contribution in [3.63, 3.8) is 0 Å². The third-order valence-electron chi connectivity index (χ3n) is 4.46. The van der Waals surface area contributed by atoms with Crippen molar-refractivity contribution in [2.75, 3.05) is 10.6 Å². The van der Waals surface area contributed by atoms with Gasteiger partial charge in [0.25, 0.3) is 0 Å². The average Bonchev–Trinajstić information content (AvgIpc) is 2.98. The molecule has 1 aromatic carbocycles. The van der Waals surface area contributed by atoms with Gasteiger partial charge in [0.2, 0.25) is 0 Å². The molecule has 1 fully saturated rings. The normalized spacial score (nSPS) is 20.6. The first-order valence-corrected chi connectivity index (χ1v) is 10.1. The number of rotatable bonds is 4. The summed E-state index contributed by atoms with van der Waals surface area (Å²) in [7, 11) is 0. The molecule has 0 amide bonds. The SMILES string of the molecule is NC1CCC(Nc2cccc(Nc3nc4ccc(Br)cc4s3)n2)CC1. The maximum Gasteiger partial charge on any atom is 0.189 e. The molecule has 1 aliphatic rings. The van der Waals surface area contributed by atoms with Gasteiger partial charge in [0.1, 0.15) is 11.6 Å². The Bertz CT molecular complexity index is 873. The molecule has 2 heterocycles. The summed E-state index contributed by atoms with van der Waals surface area (Å²) in [6.07, 6.45) is 4.37. The van der Waals surface area contributed by atoms with E-state index in [1.54, 1.807) is 11.3 Å². The van der Waals surface area contributed by atoms with Gasteiger partial charge in [-0.1, -0.05) is 33.3 Å². The second kappa shape index (κ2) is 7.27. The number of hydrogen-bond donors (Lipinski definition) is 3. The van der Waals surface area contributed by atoms with Crippen LogP contribution in [-0.4, -0.2) is 22.1 Å². The van der Waals surface area contributed by atoms with E-state index in [2.05, 4.69) is 42.6 Å². The van der Waals surface area contributed by atoms with Gasteiger partial charge in [-0.05, 0) is 56.0 Å². The zero-order valence-corrected chi connectivity index (χ0v) is 16.1. The summed E-state index contributed by atoms with van der Waals surface area (Å²) < 4.78 is 2.21. The molecule has 130 valence electrons. The van der Waals surface area contributed by atoms with Gasteiger partial charge >= 0.3 is 0 Å². The number of hydrogen-bond acceptors (Lipinski definition) is 6. The molecular weight excluding hydrogens is 398 g/mol. The number of nitrogens with one attached hydrogen (secondary N) is 2. The number of aromatic nitrogens is 2. The van der Waals surface area contributed by atoms with Gasteiger partial charge in [0.15, 0.2) is 5.13 Å². The van der Waals surface area contributed by atoms with Gasteiger partial charge in [-0.15, -0.1) is 0 Å². The Morgan fingerprint density at radius 3 is 2.68 bits per heavy atom. The lowest BCUT2D eigenvalue weighted by molar-refractivity contribution is 0.410. The van der Waals surface area contributed by atoms with Gasteiger partial charge in [0.05, 0.1) is 10.2 Å². The summed E-state index contributed by atoms with van der Waals surface area (Å²) in [5.41, 5.74) is 6.97. The molecule has 0 spiro atoms. The fraction of sp³-hybridized carbons (Fsp3) is 0.333. The first-order valence-electron chi connectivity index (χ1n) is 8.48. The van der Waals surface area contributed by atoms with Crippen LogP contribution in [0.2, 0.25) is 0 Å². The lowest BCUT2D eigenvalue weighted by atomic mass is 9.92. The fourth-order valence-corrected chi connectivity index (χ4v) is 4.54. The van der Waals surface area contributed by atoms with Gasteiger partial charge in [-0.3, -0.25) is 0 Å². The number of halogens is 1. The molecule has 4 rings (SSSR count). The molecule has 0 bridgehead atoms. The van der Waals surface area contributed by atoms with Crippen molar-refractivity contribution in [1.82, 2.24) is 9.97 Å². The second-order valence-electron chi connectivity index (χ2n) is 6.42. The maximum atomic E-state index is 5.98. The molecule has 0 atom stereocenters. The van der Waals surface area contributed by atoms with E-state index in [1.165, 1.54) is 0 Å². The molecule has 1 aliphatic carbocycles. The van der Waals surface area contributed by atoms with E-state index >= 15 is 0 Å².